The van der Waals surface area contributed by atoms with Crippen molar-refractivity contribution in [3.8, 4) is 0 Å². The molecule has 166 valence electrons. The number of hydrogen-bond acceptors (Lipinski definition) is 4. The van der Waals surface area contributed by atoms with Gasteiger partial charge in [0.05, 0.1) is 12.6 Å². The number of benzene rings is 1. The summed E-state index contributed by atoms with van der Waals surface area (Å²) in [6.45, 7) is 11.2. The quantitative estimate of drug-likeness (QED) is 0.813. The number of nitrogens with zero attached hydrogens (tertiary/aromatic N) is 2. The van der Waals surface area contributed by atoms with Crippen molar-refractivity contribution < 1.29 is 23.5 Å². The lowest BCUT2D eigenvalue weighted by atomic mass is 9.96. The molecule has 1 fully saturated rings. The maximum Gasteiger partial charge on any atom is 0.410 e. The first-order chi connectivity index (χ1) is 13.8. The molecule has 1 heterocycles. The van der Waals surface area contributed by atoms with Crippen LogP contribution < -0.4 is 5.32 Å². The van der Waals surface area contributed by atoms with Crippen LogP contribution in [0, 0.1) is 11.2 Å². The fraction of sp³-hybridized carbons (Fsp3) is 0.591. The molecular formula is C22H32FN3O4. The number of amides is 3. The lowest BCUT2D eigenvalue weighted by molar-refractivity contribution is -0.138. The summed E-state index contributed by atoms with van der Waals surface area (Å²) in [4.78, 5) is 40.6. The van der Waals surface area contributed by atoms with Crippen molar-refractivity contribution in [3.63, 3.8) is 0 Å². The smallest absolute Gasteiger partial charge is 0.410 e. The molecule has 1 aromatic rings. The largest absolute Gasteiger partial charge is 0.444 e. The van der Waals surface area contributed by atoms with E-state index in [2.05, 4.69) is 5.32 Å². The van der Waals surface area contributed by atoms with Crippen LogP contribution in [0.4, 0.5) is 9.18 Å². The van der Waals surface area contributed by atoms with Crippen LogP contribution in [0.5, 0.6) is 0 Å². The Morgan fingerprint density at radius 1 is 1.13 bits per heavy atom. The van der Waals surface area contributed by atoms with Crippen LogP contribution in [0.2, 0.25) is 0 Å². The van der Waals surface area contributed by atoms with Gasteiger partial charge in [0.2, 0.25) is 11.8 Å². The van der Waals surface area contributed by atoms with Gasteiger partial charge in [-0.25, -0.2) is 9.18 Å². The van der Waals surface area contributed by atoms with Crippen molar-refractivity contribution in [1.82, 2.24) is 15.1 Å². The molecule has 7 nitrogen and oxygen atoms in total. The normalized spacial score (nSPS) is 17.5. The van der Waals surface area contributed by atoms with Gasteiger partial charge in [-0.3, -0.25) is 9.59 Å². The fourth-order valence-electron chi connectivity index (χ4n) is 3.10. The van der Waals surface area contributed by atoms with Crippen molar-refractivity contribution in [1.29, 1.82) is 0 Å². The van der Waals surface area contributed by atoms with Gasteiger partial charge in [-0.2, -0.15) is 0 Å². The van der Waals surface area contributed by atoms with Crippen LogP contribution in [0.25, 0.3) is 0 Å². The molecule has 0 aliphatic carbocycles. The molecule has 0 spiro atoms. The summed E-state index contributed by atoms with van der Waals surface area (Å²) in [5.74, 6) is -0.938. The van der Waals surface area contributed by atoms with E-state index < -0.39 is 29.0 Å². The van der Waals surface area contributed by atoms with E-state index in [0.29, 0.717) is 12.1 Å². The Morgan fingerprint density at radius 2 is 1.80 bits per heavy atom. The molecule has 1 aromatic carbocycles. The molecule has 1 atom stereocenters. The van der Waals surface area contributed by atoms with Crippen LogP contribution in [0.3, 0.4) is 0 Å². The van der Waals surface area contributed by atoms with Gasteiger partial charge in [-0.15, -0.1) is 0 Å². The maximum absolute atomic E-state index is 13.8. The summed E-state index contributed by atoms with van der Waals surface area (Å²) in [5, 5.41) is 2.66. The van der Waals surface area contributed by atoms with Crippen molar-refractivity contribution in [2.24, 2.45) is 5.41 Å². The summed E-state index contributed by atoms with van der Waals surface area (Å²) in [7, 11) is 0. The minimum atomic E-state index is -0.643. The van der Waals surface area contributed by atoms with E-state index in [0.717, 1.165) is 0 Å². The monoisotopic (exact) mass is 421 g/mol. The Hall–Kier alpha value is -2.64. The fourth-order valence-corrected chi connectivity index (χ4v) is 3.10. The highest BCUT2D eigenvalue weighted by Crippen LogP contribution is 2.27. The molecule has 1 aliphatic rings. The average Bonchev–Trinajstić information content (AvgIpc) is 2.63. The molecule has 3 amide bonds. The van der Waals surface area contributed by atoms with E-state index >= 15 is 0 Å². The van der Waals surface area contributed by atoms with E-state index in [1.807, 2.05) is 0 Å². The van der Waals surface area contributed by atoms with Gasteiger partial charge in [-0.1, -0.05) is 32.9 Å². The number of nitrogens with one attached hydrogen (secondary N) is 1. The Bertz CT molecular complexity index is 798. The van der Waals surface area contributed by atoms with Crippen LogP contribution in [0.1, 0.15) is 53.1 Å². The topological polar surface area (TPSA) is 79.0 Å². The van der Waals surface area contributed by atoms with Gasteiger partial charge < -0.3 is 19.9 Å². The van der Waals surface area contributed by atoms with Gasteiger partial charge in [-0.05, 0) is 38.5 Å². The van der Waals surface area contributed by atoms with Crippen molar-refractivity contribution in [2.45, 2.75) is 53.2 Å². The third-order valence-corrected chi connectivity index (χ3v) is 4.67. The third kappa shape index (κ3) is 6.43. The van der Waals surface area contributed by atoms with Gasteiger partial charge in [0.25, 0.3) is 0 Å². The molecule has 30 heavy (non-hydrogen) atoms. The van der Waals surface area contributed by atoms with Crippen molar-refractivity contribution in [2.75, 3.05) is 26.2 Å². The molecule has 0 aromatic heterocycles. The van der Waals surface area contributed by atoms with Crippen molar-refractivity contribution >= 4 is 17.9 Å². The summed E-state index contributed by atoms with van der Waals surface area (Å²) in [6, 6.07) is 5.44. The molecule has 8 heteroatoms. The van der Waals surface area contributed by atoms with E-state index in [-0.39, 0.29) is 31.4 Å². The van der Waals surface area contributed by atoms with Gasteiger partial charge in [0, 0.05) is 25.0 Å². The minimum absolute atomic E-state index is 0.158. The van der Waals surface area contributed by atoms with E-state index in [1.165, 1.54) is 17.0 Å². The Morgan fingerprint density at radius 3 is 2.37 bits per heavy atom. The zero-order chi connectivity index (χ0) is 22.7. The lowest BCUT2D eigenvalue weighted by Crippen LogP contribution is -2.55. The Labute approximate surface area is 177 Å². The highest BCUT2D eigenvalue weighted by atomic mass is 19.1. The molecule has 1 aliphatic heterocycles. The first-order valence-corrected chi connectivity index (χ1v) is 10.1. The van der Waals surface area contributed by atoms with E-state index in [4.69, 9.17) is 4.74 Å². The zero-order valence-electron chi connectivity index (χ0n) is 18.6. The second-order valence-electron chi connectivity index (χ2n) is 9.52. The van der Waals surface area contributed by atoms with Crippen LogP contribution >= 0.6 is 0 Å². The summed E-state index contributed by atoms with van der Waals surface area (Å²) in [5.41, 5.74) is -0.674. The third-order valence-electron chi connectivity index (χ3n) is 4.67. The predicted molar refractivity (Wildman–Crippen MR) is 111 cm³/mol. The highest BCUT2D eigenvalue weighted by Gasteiger charge is 2.35. The molecule has 0 unspecified atom stereocenters. The minimum Gasteiger partial charge on any atom is -0.444 e. The molecule has 1 N–H and O–H groups in total. The number of carbonyl (C=O) groups excluding carboxylic acids is 3. The maximum atomic E-state index is 13.8. The SMILES string of the molecule is CC(C)(C)OC(=O)N1CCN(C(=O)CNC(=O)C(C)(C)C)[C@@H](c2cccc(F)c2)C1. The number of rotatable bonds is 3. The Kier molecular flexibility index (Phi) is 7.10. The first kappa shape index (κ1) is 23.6. The van der Waals surface area contributed by atoms with Crippen LogP contribution in [0.15, 0.2) is 24.3 Å². The number of carbonyl (C=O) groups is 3. The average molecular weight is 422 g/mol. The number of hydrogen-bond donors (Lipinski definition) is 1. The molecular weight excluding hydrogens is 389 g/mol. The van der Waals surface area contributed by atoms with Crippen LogP contribution in [-0.4, -0.2) is 59.5 Å². The van der Waals surface area contributed by atoms with Crippen LogP contribution in [-0.2, 0) is 14.3 Å². The summed E-state index contributed by atoms with van der Waals surface area (Å²) in [6.07, 6.45) is -0.475. The molecule has 0 bridgehead atoms. The molecule has 0 radical (unpaired) electrons. The number of ether oxygens (including phenoxy) is 1. The standard InChI is InChI=1S/C22H32FN3O4/c1-21(2,3)19(28)24-13-18(27)26-11-10-25(20(29)30-22(4,5)6)14-17(26)15-8-7-9-16(23)12-15/h7-9,12,17H,10-11,13-14H2,1-6H3,(H,24,28)/t17-/m1/s1. The highest BCUT2D eigenvalue weighted by molar-refractivity contribution is 5.87. The van der Waals surface area contributed by atoms with E-state index in [9.17, 15) is 18.8 Å². The van der Waals surface area contributed by atoms with E-state index in [1.54, 1.807) is 58.6 Å². The second kappa shape index (κ2) is 9.02. The lowest BCUT2D eigenvalue weighted by Gasteiger charge is -2.42. The predicted octanol–water partition coefficient (Wildman–Crippen LogP) is 3.11. The zero-order valence-corrected chi connectivity index (χ0v) is 18.6. The van der Waals surface area contributed by atoms with Crippen molar-refractivity contribution in [3.05, 3.63) is 35.6 Å². The van der Waals surface area contributed by atoms with Gasteiger partial charge >= 0.3 is 6.09 Å². The molecule has 0 saturated carbocycles. The second-order valence-corrected chi connectivity index (χ2v) is 9.52. The summed E-state index contributed by atoms with van der Waals surface area (Å²) >= 11 is 0. The first-order valence-electron chi connectivity index (χ1n) is 10.1. The molecule has 2 rings (SSSR count). The summed E-state index contributed by atoms with van der Waals surface area (Å²) < 4.78 is 19.3. The van der Waals surface area contributed by atoms with Gasteiger partial charge in [0.15, 0.2) is 0 Å². The molecule has 1 saturated heterocycles. The Balaban J connectivity index is 2.19. The van der Waals surface area contributed by atoms with Gasteiger partial charge in [0.1, 0.15) is 11.4 Å². The number of piperazine rings is 1. The number of halogens is 1.